The van der Waals surface area contributed by atoms with Crippen LogP contribution in [-0.2, 0) is 0 Å². The van der Waals surface area contributed by atoms with Crippen molar-refractivity contribution in [2.45, 2.75) is 0 Å². The average Bonchev–Trinajstić information content (AvgIpc) is 2.33. The Labute approximate surface area is 56.3 Å². The minimum atomic E-state index is 0.124. The summed E-state index contributed by atoms with van der Waals surface area (Å²) in [6, 6.07) is 1.56. The van der Waals surface area contributed by atoms with E-state index >= 15 is 0 Å². The lowest BCUT2D eigenvalue weighted by Gasteiger charge is -1.87. The van der Waals surface area contributed by atoms with E-state index in [2.05, 4.69) is 4.98 Å². The molecule has 0 fully saturated rings. The van der Waals surface area contributed by atoms with Gasteiger partial charge in [0.1, 0.15) is 0 Å². The molecule has 10 heavy (non-hydrogen) atoms. The van der Waals surface area contributed by atoms with Crippen LogP contribution in [0.15, 0.2) is 29.1 Å². The lowest BCUT2D eigenvalue weighted by Crippen LogP contribution is -1.97. The fourth-order valence-corrected chi connectivity index (χ4v) is 0.772. The number of hydrogen-bond donors (Lipinski definition) is 1. The minimum Gasteiger partial charge on any atom is -0.407 e. The van der Waals surface area contributed by atoms with Gasteiger partial charge >= 0.3 is 5.84 Å². The maximum absolute atomic E-state index is 7.10. The average molecular weight is 135 g/mol. The molecule has 0 saturated heterocycles. The molecule has 0 aliphatic carbocycles. The predicted octanol–water partition coefficient (Wildman–Crippen LogP) is 0.407. The first-order valence-corrected chi connectivity index (χ1v) is 2.84. The lowest BCUT2D eigenvalue weighted by molar-refractivity contribution is 0.501. The van der Waals surface area contributed by atoms with Crippen LogP contribution in [0.2, 0.25) is 0 Å². The van der Waals surface area contributed by atoms with Crippen molar-refractivity contribution in [3.8, 4) is 0 Å². The molecule has 0 radical (unpaired) electrons. The lowest BCUT2D eigenvalue weighted by atomic mass is 10.7. The maximum atomic E-state index is 7.10. The molecular formula is C6H5N3O. The van der Waals surface area contributed by atoms with Crippen molar-refractivity contribution < 1.29 is 4.42 Å². The zero-order valence-electron chi connectivity index (χ0n) is 5.11. The number of fused-ring (bicyclic) bond motifs is 1. The van der Waals surface area contributed by atoms with E-state index in [1.807, 2.05) is 0 Å². The molecule has 0 aromatic carbocycles. The van der Waals surface area contributed by atoms with E-state index < -0.39 is 0 Å². The van der Waals surface area contributed by atoms with Gasteiger partial charge in [-0.15, -0.1) is 0 Å². The summed E-state index contributed by atoms with van der Waals surface area (Å²) < 4.78 is 6.63. The molecule has 0 atom stereocenters. The molecule has 0 spiro atoms. The van der Waals surface area contributed by atoms with Gasteiger partial charge in [-0.05, 0) is 0 Å². The van der Waals surface area contributed by atoms with Crippen LogP contribution in [0.5, 0.6) is 0 Å². The number of nitrogens with one attached hydrogen (secondary N) is 1. The van der Waals surface area contributed by atoms with Crippen molar-refractivity contribution in [2.24, 2.45) is 0 Å². The van der Waals surface area contributed by atoms with E-state index in [-0.39, 0.29) is 5.55 Å². The Kier molecular flexibility index (Phi) is 0.887. The van der Waals surface area contributed by atoms with E-state index in [4.69, 9.17) is 9.83 Å². The van der Waals surface area contributed by atoms with Crippen molar-refractivity contribution in [3.05, 3.63) is 30.2 Å². The highest BCUT2D eigenvalue weighted by atomic mass is 16.3. The quantitative estimate of drug-likeness (QED) is 0.568. The number of aromatic nitrogens is 2. The van der Waals surface area contributed by atoms with Crippen LogP contribution < -0.4 is 5.55 Å². The van der Waals surface area contributed by atoms with E-state index in [0.29, 0.717) is 5.84 Å². The molecule has 2 heterocycles. The molecule has 0 amide bonds. The highest BCUT2D eigenvalue weighted by Crippen LogP contribution is 1.92. The maximum Gasteiger partial charge on any atom is 0.307 e. The molecule has 0 unspecified atom stereocenters. The largest absolute Gasteiger partial charge is 0.407 e. The summed E-state index contributed by atoms with van der Waals surface area (Å²) in [6.45, 7) is 0. The molecule has 2 aromatic rings. The Morgan fingerprint density at radius 2 is 2.40 bits per heavy atom. The summed E-state index contributed by atoms with van der Waals surface area (Å²) >= 11 is 0. The third-order valence-electron chi connectivity index (χ3n) is 1.22. The first-order chi connectivity index (χ1) is 4.86. The monoisotopic (exact) mass is 135 g/mol. The van der Waals surface area contributed by atoms with Crippen molar-refractivity contribution in [1.29, 1.82) is 5.41 Å². The summed E-state index contributed by atoms with van der Waals surface area (Å²) in [5, 5.41) is 7.10. The Morgan fingerprint density at radius 3 is 3.30 bits per heavy atom. The summed E-state index contributed by atoms with van der Waals surface area (Å²) in [7, 11) is 0. The van der Waals surface area contributed by atoms with Gasteiger partial charge in [-0.2, -0.15) is 0 Å². The van der Waals surface area contributed by atoms with Gasteiger partial charge in [0.2, 0.25) is 5.55 Å². The molecule has 1 N–H and O–H groups in total. The third-order valence-corrected chi connectivity index (χ3v) is 1.22. The van der Waals surface area contributed by atoms with Crippen LogP contribution in [-0.4, -0.2) is 9.38 Å². The molecule has 0 aliphatic heterocycles. The van der Waals surface area contributed by atoms with Crippen molar-refractivity contribution in [2.75, 3.05) is 0 Å². The van der Waals surface area contributed by atoms with Gasteiger partial charge in [0, 0.05) is 24.7 Å². The van der Waals surface area contributed by atoms with Gasteiger partial charge in [-0.3, -0.25) is 9.81 Å². The number of hydrogen-bond acceptors (Lipinski definition) is 3. The van der Waals surface area contributed by atoms with Gasteiger partial charge in [0.05, 0.1) is 0 Å². The third kappa shape index (κ3) is 0.621. The smallest absolute Gasteiger partial charge is 0.307 e. The fourth-order valence-electron chi connectivity index (χ4n) is 0.772. The molecule has 0 aliphatic rings. The second-order valence-electron chi connectivity index (χ2n) is 1.90. The minimum absolute atomic E-state index is 0.124. The highest BCUT2D eigenvalue weighted by molar-refractivity contribution is 5.20. The topological polar surface area (TPSA) is 54.3 Å². The standard InChI is InChI=1S/C6H5N3O/c7-5-1-3-9-4-2-8-6(9)10-5/h1-4,7H. The predicted molar refractivity (Wildman–Crippen MR) is 33.3 cm³/mol. The van der Waals surface area contributed by atoms with Crippen molar-refractivity contribution in [3.63, 3.8) is 0 Å². The van der Waals surface area contributed by atoms with Crippen LogP contribution in [0.4, 0.5) is 0 Å². The normalized spacial score (nSPS) is 10.4. The van der Waals surface area contributed by atoms with Crippen LogP contribution in [0.1, 0.15) is 0 Å². The number of imidazole rings is 1. The van der Waals surface area contributed by atoms with Crippen LogP contribution in [0.25, 0.3) is 5.84 Å². The van der Waals surface area contributed by atoms with E-state index in [9.17, 15) is 0 Å². The SMILES string of the molecule is N=c1ccn2ccnc2o1. The molecular weight excluding hydrogens is 130 g/mol. The fraction of sp³-hybridized carbons (Fsp3) is 0. The zero-order chi connectivity index (χ0) is 6.97. The van der Waals surface area contributed by atoms with E-state index in [1.165, 1.54) is 0 Å². The second-order valence-corrected chi connectivity index (χ2v) is 1.90. The molecule has 0 saturated carbocycles. The van der Waals surface area contributed by atoms with Crippen molar-refractivity contribution >= 4 is 5.84 Å². The van der Waals surface area contributed by atoms with Gasteiger partial charge < -0.3 is 4.42 Å². The van der Waals surface area contributed by atoms with Crippen LogP contribution in [0, 0.1) is 5.41 Å². The first-order valence-electron chi connectivity index (χ1n) is 2.84. The number of rotatable bonds is 0. The summed E-state index contributed by atoms with van der Waals surface area (Å²) in [4.78, 5) is 3.86. The second kappa shape index (κ2) is 1.70. The Hall–Kier alpha value is -1.58. The summed E-state index contributed by atoms with van der Waals surface area (Å²) in [5.41, 5.74) is 0.124. The summed E-state index contributed by atoms with van der Waals surface area (Å²) in [6.07, 6.45) is 5.12. The van der Waals surface area contributed by atoms with Gasteiger partial charge in [-0.1, -0.05) is 0 Å². The Bertz CT molecular complexity index is 400. The molecule has 2 aromatic heterocycles. The molecule has 4 heteroatoms. The highest BCUT2D eigenvalue weighted by Gasteiger charge is 1.91. The van der Waals surface area contributed by atoms with Crippen LogP contribution in [0.3, 0.4) is 0 Å². The summed E-state index contributed by atoms with van der Waals surface area (Å²) in [5.74, 6) is 0.451. The van der Waals surface area contributed by atoms with Crippen molar-refractivity contribution in [1.82, 2.24) is 9.38 Å². The number of nitrogens with zero attached hydrogens (tertiary/aromatic N) is 2. The Morgan fingerprint density at radius 1 is 1.50 bits per heavy atom. The van der Waals surface area contributed by atoms with Crippen LogP contribution >= 0.6 is 0 Å². The first kappa shape index (κ1) is 5.22. The molecule has 0 bridgehead atoms. The van der Waals surface area contributed by atoms with E-state index in [0.717, 1.165) is 0 Å². The van der Waals surface area contributed by atoms with Gasteiger partial charge in [-0.25, -0.2) is 4.98 Å². The van der Waals surface area contributed by atoms with Gasteiger partial charge in [0.15, 0.2) is 0 Å². The van der Waals surface area contributed by atoms with Gasteiger partial charge in [0.25, 0.3) is 0 Å². The molecule has 2 rings (SSSR count). The zero-order valence-corrected chi connectivity index (χ0v) is 5.11. The Balaban J connectivity index is 2.99. The molecule has 50 valence electrons. The molecule has 4 nitrogen and oxygen atoms in total. The van der Waals surface area contributed by atoms with E-state index in [1.54, 1.807) is 29.1 Å².